The molecule has 1 saturated heterocycles. The summed E-state index contributed by atoms with van der Waals surface area (Å²) in [7, 11) is 0. The van der Waals surface area contributed by atoms with Gasteiger partial charge in [-0.25, -0.2) is 8.78 Å². The molecule has 0 aromatic carbocycles. The summed E-state index contributed by atoms with van der Waals surface area (Å²) >= 11 is 6.39. The van der Waals surface area contributed by atoms with Crippen LogP contribution >= 0.6 is 11.6 Å². The van der Waals surface area contributed by atoms with Gasteiger partial charge in [-0.15, -0.1) is 0 Å². The van der Waals surface area contributed by atoms with Gasteiger partial charge in [0.15, 0.2) is 5.78 Å². The highest BCUT2D eigenvalue weighted by molar-refractivity contribution is 6.35. The number of carbonyl (C=O) groups is 1. The molecule has 2 unspecified atom stereocenters. The molecule has 4 rings (SSSR count). The summed E-state index contributed by atoms with van der Waals surface area (Å²) in [6.07, 6.45) is 8.73. The molecule has 0 bridgehead atoms. The highest BCUT2D eigenvalue weighted by atomic mass is 35.5. The van der Waals surface area contributed by atoms with E-state index in [1.165, 1.54) is 6.08 Å². The molecular weight excluding hydrogens is 384 g/mol. The van der Waals surface area contributed by atoms with Crippen LogP contribution in [0.4, 0.5) is 8.78 Å². The van der Waals surface area contributed by atoms with Gasteiger partial charge in [-0.05, 0) is 62.3 Å². The fourth-order valence-electron chi connectivity index (χ4n) is 4.42. The van der Waals surface area contributed by atoms with Crippen molar-refractivity contribution in [2.24, 2.45) is 5.92 Å². The molecule has 2 aromatic rings. The van der Waals surface area contributed by atoms with E-state index < -0.39 is 5.92 Å². The Balaban J connectivity index is 1.55. The average molecular weight is 408 g/mol. The maximum Gasteiger partial charge on any atom is 0.248 e. The number of allylic oxidation sites excluding steroid dienone is 2. The summed E-state index contributed by atoms with van der Waals surface area (Å²) < 4.78 is 34.8. The highest BCUT2D eigenvalue weighted by Gasteiger charge is 2.35. The van der Waals surface area contributed by atoms with Crippen LogP contribution in [0.2, 0.25) is 5.02 Å². The second-order valence-electron chi connectivity index (χ2n) is 7.88. The number of aromatic nitrogens is 1. The van der Waals surface area contributed by atoms with Crippen molar-refractivity contribution in [1.29, 1.82) is 0 Å². The molecule has 0 spiro atoms. The number of pyridine rings is 1. The fraction of sp³-hybridized carbons (Fsp3) is 0.500. The van der Waals surface area contributed by atoms with Gasteiger partial charge in [0, 0.05) is 31.2 Å². The summed E-state index contributed by atoms with van der Waals surface area (Å²) in [5.74, 6) is -2.79. The van der Waals surface area contributed by atoms with Gasteiger partial charge in [0.1, 0.15) is 0 Å². The van der Waals surface area contributed by atoms with Gasteiger partial charge in [-0.3, -0.25) is 4.79 Å². The van der Waals surface area contributed by atoms with Gasteiger partial charge in [-0.2, -0.15) is 0 Å². The second kappa shape index (κ2) is 7.96. The maximum absolute atomic E-state index is 13.6. The van der Waals surface area contributed by atoms with Crippen LogP contribution in [-0.2, 0) is 4.74 Å². The van der Waals surface area contributed by atoms with Crippen molar-refractivity contribution in [2.45, 2.75) is 57.0 Å². The van der Waals surface area contributed by atoms with Crippen LogP contribution in [0.3, 0.4) is 0 Å². The van der Waals surface area contributed by atoms with Crippen molar-refractivity contribution >= 4 is 22.9 Å². The molecule has 3 nitrogen and oxygen atoms in total. The quantitative estimate of drug-likeness (QED) is 0.424. The molecule has 1 aliphatic carbocycles. The SMILES string of the molecule is O=C(/C=C/CC1CCCC(F)(F)C1)c1cc(C2CCCO2)n2cccc(Cl)c12. The molecule has 6 heteroatoms. The van der Waals surface area contributed by atoms with E-state index >= 15 is 0 Å². The number of fused-ring (bicyclic) bond motifs is 1. The van der Waals surface area contributed by atoms with E-state index in [1.807, 2.05) is 22.7 Å². The molecular formula is C22H24ClF2NO2. The third-order valence-electron chi connectivity index (χ3n) is 5.78. The van der Waals surface area contributed by atoms with Gasteiger partial charge < -0.3 is 9.14 Å². The Bertz CT molecular complexity index is 899. The number of ether oxygens (including phenoxy) is 1. The smallest absolute Gasteiger partial charge is 0.248 e. The molecule has 0 amide bonds. The molecule has 28 heavy (non-hydrogen) atoms. The highest BCUT2D eigenvalue weighted by Crippen LogP contribution is 2.38. The van der Waals surface area contributed by atoms with E-state index in [0.717, 1.165) is 25.0 Å². The zero-order valence-corrected chi connectivity index (χ0v) is 16.4. The van der Waals surface area contributed by atoms with Crippen LogP contribution in [0.1, 0.15) is 67.1 Å². The minimum atomic E-state index is -2.57. The largest absolute Gasteiger partial charge is 0.372 e. The molecule has 1 saturated carbocycles. The van der Waals surface area contributed by atoms with Crippen LogP contribution in [0, 0.1) is 5.92 Å². The van der Waals surface area contributed by atoms with Crippen LogP contribution in [-0.4, -0.2) is 22.7 Å². The number of alkyl halides is 2. The normalized spacial score (nSPS) is 25.0. The van der Waals surface area contributed by atoms with Crippen molar-refractivity contribution in [3.63, 3.8) is 0 Å². The third kappa shape index (κ3) is 4.01. The van der Waals surface area contributed by atoms with E-state index in [1.54, 1.807) is 12.1 Å². The predicted molar refractivity (Wildman–Crippen MR) is 105 cm³/mol. The Morgan fingerprint density at radius 3 is 2.96 bits per heavy atom. The number of hydrogen-bond acceptors (Lipinski definition) is 2. The molecule has 2 aromatic heterocycles. The van der Waals surface area contributed by atoms with Crippen molar-refractivity contribution in [3.8, 4) is 0 Å². The molecule has 3 heterocycles. The summed E-state index contributed by atoms with van der Waals surface area (Å²) in [5, 5.41) is 0.510. The van der Waals surface area contributed by atoms with Gasteiger partial charge in [0.05, 0.1) is 22.3 Å². The van der Waals surface area contributed by atoms with Crippen LogP contribution < -0.4 is 0 Å². The maximum atomic E-state index is 13.6. The number of rotatable bonds is 5. The van der Waals surface area contributed by atoms with Crippen molar-refractivity contribution in [3.05, 3.63) is 52.8 Å². The van der Waals surface area contributed by atoms with E-state index in [9.17, 15) is 13.6 Å². The van der Waals surface area contributed by atoms with Crippen LogP contribution in [0.5, 0.6) is 0 Å². The second-order valence-corrected chi connectivity index (χ2v) is 8.29. The van der Waals surface area contributed by atoms with Gasteiger partial charge >= 0.3 is 0 Å². The number of carbonyl (C=O) groups excluding carboxylic acids is 1. The van der Waals surface area contributed by atoms with Gasteiger partial charge in [-0.1, -0.05) is 17.7 Å². The van der Waals surface area contributed by atoms with Crippen molar-refractivity contribution in [1.82, 2.24) is 4.40 Å². The Morgan fingerprint density at radius 2 is 2.21 bits per heavy atom. The molecule has 150 valence electrons. The van der Waals surface area contributed by atoms with Gasteiger partial charge in [0.2, 0.25) is 5.92 Å². The van der Waals surface area contributed by atoms with E-state index in [0.29, 0.717) is 35.6 Å². The fourth-order valence-corrected chi connectivity index (χ4v) is 4.69. The summed E-state index contributed by atoms with van der Waals surface area (Å²) in [6, 6.07) is 5.47. The van der Waals surface area contributed by atoms with E-state index in [-0.39, 0.29) is 30.6 Å². The monoisotopic (exact) mass is 407 g/mol. The standard InChI is InChI=1S/C22H24ClF2NO2/c23-17-7-3-11-26-18(20-9-4-12-28-20)13-16(21(17)26)19(27)8-1-5-15-6-2-10-22(24,25)14-15/h1,3,7-8,11,13,15,20H,2,4-6,9-10,12,14H2/b8-1+. The first kappa shape index (κ1) is 19.6. The lowest BCUT2D eigenvalue weighted by Crippen LogP contribution is -2.25. The van der Waals surface area contributed by atoms with Gasteiger partial charge in [0.25, 0.3) is 0 Å². The summed E-state index contributed by atoms with van der Waals surface area (Å²) in [5.41, 5.74) is 2.13. The topological polar surface area (TPSA) is 30.7 Å². The molecule has 1 aliphatic heterocycles. The Kier molecular flexibility index (Phi) is 5.57. The number of nitrogens with zero attached hydrogens (tertiary/aromatic N) is 1. The zero-order chi connectivity index (χ0) is 19.7. The Hall–Kier alpha value is -1.72. The molecule has 0 radical (unpaired) electrons. The summed E-state index contributed by atoms with van der Waals surface area (Å²) in [6.45, 7) is 0.716. The Morgan fingerprint density at radius 1 is 1.36 bits per heavy atom. The lowest BCUT2D eigenvalue weighted by atomic mass is 9.84. The minimum Gasteiger partial charge on any atom is -0.372 e. The number of ketones is 1. The zero-order valence-electron chi connectivity index (χ0n) is 15.7. The molecule has 2 atom stereocenters. The Labute approximate surface area is 168 Å². The third-order valence-corrected chi connectivity index (χ3v) is 6.08. The van der Waals surface area contributed by atoms with Crippen molar-refractivity contribution < 1.29 is 18.3 Å². The number of hydrogen-bond donors (Lipinski definition) is 0. The van der Waals surface area contributed by atoms with Crippen molar-refractivity contribution in [2.75, 3.05) is 6.61 Å². The first-order chi connectivity index (χ1) is 13.4. The predicted octanol–water partition coefficient (Wildman–Crippen LogP) is 6.40. The average Bonchev–Trinajstić information content (AvgIpc) is 3.29. The number of halogens is 3. The van der Waals surface area contributed by atoms with Crippen LogP contribution in [0.25, 0.3) is 5.52 Å². The lowest BCUT2D eigenvalue weighted by molar-refractivity contribution is -0.0518. The first-order valence-corrected chi connectivity index (χ1v) is 10.3. The van der Waals surface area contributed by atoms with Crippen LogP contribution in [0.15, 0.2) is 36.5 Å². The summed E-state index contributed by atoms with van der Waals surface area (Å²) in [4.78, 5) is 12.9. The lowest BCUT2D eigenvalue weighted by Gasteiger charge is -2.28. The molecule has 0 N–H and O–H groups in total. The minimum absolute atomic E-state index is 0.0205. The van der Waals surface area contributed by atoms with E-state index in [4.69, 9.17) is 16.3 Å². The molecule has 2 aliphatic rings. The van der Waals surface area contributed by atoms with E-state index in [2.05, 4.69) is 0 Å². The first-order valence-electron chi connectivity index (χ1n) is 9.94. The molecule has 2 fully saturated rings.